The summed E-state index contributed by atoms with van der Waals surface area (Å²) in [6.07, 6.45) is 1.41. The van der Waals surface area contributed by atoms with Gasteiger partial charge in [-0.1, -0.05) is 12.1 Å². The Hall–Kier alpha value is -1.34. The minimum atomic E-state index is -0.862. The Kier molecular flexibility index (Phi) is 6.46. The van der Waals surface area contributed by atoms with E-state index < -0.39 is 12.1 Å². The van der Waals surface area contributed by atoms with E-state index in [2.05, 4.69) is 17.0 Å². The second-order valence-electron chi connectivity index (χ2n) is 6.49. The molecule has 2 aliphatic heterocycles. The monoisotopic (exact) mass is 356 g/mol. The van der Waals surface area contributed by atoms with E-state index in [4.69, 9.17) is 9.84 Å². The molecule has 24 heavy (non-hydrogen) atoms. The van der Waals surface area contributed by atoms with Gasteiger partial charge in [0.15, 0.2) is 0 Å². The molecule has 2 atom stereocenters. The van der Waals surface area contributed by atoms with Crippen molar-refractivity contribution >= 4 is 18.4 Å². The summed E-state index contributed by atoms with van der Waals surface area (Å²) in [6, 6.07) is 6.24. The van der Waals surface area contributed by atoms with Crippen LogP contribution in [0.25, 0.3) is 0 Å². The van der Waals surface area contributed by atoms with Gasteiger partial charge in [-0.2, -0.15) is 0 Å². The molecule has 0 amide bonds. The highest BCUT2D eigenvalue weighted by Crippen LogP contribution is 2.26. The Morgan fingerprint density at radius 2 is 2.21 bits per heavy atom. The highest BCUT2D eigenvalue weighted by atomic mass is 35.5. The third-order valence-corrected chi connectivity index (χ3v) is 4.76. The van der Waals surface area contributed by atoms with E-state index in [-0.39, 0.29) is 25.0 Å². The van der Waals surface area contributed by atoms with Gasteiger partial charge in [-0.25, -0.2) is 0 Å². The number of ether oxygens (including phenoxy) is 1. The summed E-state index contributed by atoms with van der Waals surface area (Å²) in [6.45, 7) is 2.91. The van der Waals surface area contributed by atoms with Crippen LogP contribution >= 0.6 is 12.4 Å². The summed E-state index contributed by atoms with van der Waals surface area (Å²) < 4.78 is 5.52. The van der Waals surface area contributed by atoms with Crippen molar-refractivity contribution in [3.8, 4) is 5.75 Å². The summed E-state index contributed by atoms with van der Waals surface area (Å²) in [5, 5.41) is 19.1. The number of benzene rings is 1. The maximum atomic E-state index is 10.8. The lowest BCUT2D eigenvalue weighted by Crippen LogP contribution is -2.43. The van der Waals surface area contributed by atoms with Gasteiger partial charge in [-0.15, -0.1) is 12.4 Å². The van der Waals surface area contributed by atoms with Gasteiger partial charge in [0.2, 0.25) is 0 Å². The average Bonchev–Trinajstić information content (AvgIpc) is 3.10. The van der Waals surface area contributed by atoms with Crippen molar-refractivity contribution in [2.24, 2.45) is 0 Å². The van der Waals surface area contributed by atoms with E-state index in [0.717, 1.165) is 31.7 Å². The van der Waals surface area contributed by atoms with E-state index in [1.807, 2.05) is 6.07 Å². The number of aliphatic hydroxyl groups excluding tert-OH is 1. The molecule has 0 spiro atoms. The number of hydrogen-bond acceptors (Lipinski definition) is 5. The fraction of sp³-hybridized carbons (Fsp3) is 0.588. The lowest BCUT2D eigenvalue weighted by atomic mass is 10.1. The Bertz CT molecular complexity index is 584. The number of hydrogen-bond donors (Lipinski definition) is 2. The SMILES string of the molecule is CN(CC(=O)O)C1CN(CCc2ccc3c(c2)CCO3)C[C@H]1O.Cl. The molecule has 0 aliphatic carbocycles. The number of aliphatic hydroxyl groups is 1. The van der Waals surface area contributed by atoms with Gasteiger partial charge in [0.1, 0.15) is 5.75 Å². The highest BCUT2D eigenvalue weighted by Gasteiger charge is 2.34. The molecule has 2 heterocycles. The van der Waals surface area contributed by atoms with Crippen molar-refractivity contribution in [2.75, 3.05) is 39.8 Å². The Balaban J connectivity index is 0.00000208. The predicted molar refractivity (Wildman–Crippen MR) is 93.1 cm³/mol. The van der Waals surface area contributed by atoms with Crippen molar-refractivity contribution in [3.05, 3.63) is 29.3 Å². The lowest BCUT2D eigenvalue weighted by molar-refractivity contribution is -0.138. The third kappa shape index (κ3) is 4.39. The van der Waals surface area contributed by atoms with Gasteiger partial charge in [0, 0.05) is 32.1 Å². The zero-order valence-electron chi connectivity index (χ0n) is 13.9. The van der Waals surface area contributed by atoms with Crippen LogP contribution in [0.15, 0.2) is 18.2 Å². The van der Waals surface area contributed by atoms with Crippen molar-refractivity contribution < 1.29 is 19.7 Å². The van der Waals surface area contributed by atoms with Crippen LogP contribution in [0.5, 0.6) is 5.75 Å². The van der Waals surface area contributed by atoms with E-state index in [1.54, 1.807) is 11.9 Å². The van der Waals surface area contributed by atoms with Gasteiger partial charge in [0.05, 0.1) is 19.3 Å². The van der Waals surface area contributed by atoms with Crippen molar-refractivity contribution in [3.63, 3.8) is 0 Å². The quantitative estimate of drug-likeness (QED) is 0.779. The van der Waals surface area contributed by atoms with Crippen LogP contribution in [0.3, 0.4) is 0 Å². The number of halogens is 1. The van der Waals surface area contributed by atoms with Crippen LogP contribution in [0.1, 0.15) is 11.1 Å². The first-order valence-electron chi connectivity index (χ1n) is 8.10. The van der Waals surface area contributed by atoms with Gasteiger partial charge in [-0.05, 0) is 30.7 Å². The standard InChI is InChI=1S/C17H24N2O4.ClH/c1-18(11-17(21)22)14-9-19(10-15(14)20)6-4-12-2-3-16-13(8-12)5-7-23-16;/h2-3,8,14-15,20H,4-7,9-11H2,1H3,(H,21,22);1H/t14?,15-;/m1./s1. The number of nitrogens with zero attached hydrogens (tertiary/aromatic N) is 2. The molecule has 6 nitrogen and oxygen atoms in total. The zero-order chi connectivity index (χ0) is 16.4. The largest absolute Gasteiger partial charge is 0.493 e. The number of carbonyl (C=O) groups is 1. The number of aliphatic carboxylic acids is 1. The number of likely N-dealkylation sites (tertiary alicyclic amines) is 1. The molecule has 0 radical (unpaired) electrons. The molecule has 1 aromatic rings. The minimum Gasteiger partial charge on any atom is -0.493 e. The minimum absolute atomic E-state index is 0. The summed E-state index contributed by atoms with van der Waals surface area (Å²) in [5.41, 5.74) is 2.56. The Morgan fingerprint density at radius 3 is 2.96 bits per heavy atom. The van der Waals surface area contributed by atoms with E-state index in [1.165, 1.54) is 11.1 Å². The number of likely N-dealkylation sites (N-methyl/N-ethyl adjacent to an activating group) is 1. The molecule has 134 valence electrons. The second-order valence-corrected chi connectivity index (χ2v) is 6.49. The first-order chi connectivity index (χ1) is 11.0. The molecule has 1 aromatic carbocycles. The third-order valence-electron chi connectivity index (χ3n) is 4.76. The number of carboxylic acid groups (broad SMARTS) is 1. The van der Waals surface area contributed by atoms with E-state index in [9.17, 15) is 9.90 Å². The zero-order valence-corrected chi connectivity index (χ0v) is 14.7. The number of rotatable bonds is 6. The molecule has 1 saturated heterocycles. The molecule has 0 saturated carbocycles. The summed E-state index contributed by atoms with van der Waals surface area (Å²) in [5.74, 6) is 0.138. The topological polar surface area (TPSA) is 73.2 Å². The van der Waals surface area contributed by atoms with Crippen LogP contribution in [-0.2, 0) is 17.6 Å². The molecule has 0 aromatic heterocycles. The number of β-amino-alcohol motifs (C(OH)–C–C–N with tert-alkyl or cyclic N) is 1. The molecular weight excluding hydrogens is 332 g/mol. The number of fused-ring (bicyclic) bond motifs is 1. The smallest absolute Gasteiger partial charge is 0.317 e. The molecule has 2 N–H and O–H groups in total. The average molecular weight is 357 g/mol. The fourth-order valence-electron chi connectivity index (χ4n) is 3.48. The highest BCUT2D eigenvalue weighted by molar-refractivity contribution is 5.85. The van der Waals surface area contributed by atoms with Gasteiger partial charge < -0.3 is 14.9 Å². The maximum absolute atomic E-state index is 10.8. The molecule has 0 bridgehead atoms. The summed E-state index contributed by atoms with van der Waals surface area (Å²) in [4.78, 5) is 14.7. The van der Waals surface area contributed by atoms with Gasteiger partial charge >= 0.3 is 5.97 Å². The lowest BCUT2D eigenvalue weighted by Gasteiger charge is -2.24. The van der Waals surface area contributed by atoms with Gasteiger partial charge in [0.25, 0.3) is 0 Å². The molecular formula is C17H25ClN2O4. The first kappa shape index (κ1) is 19.0. The van der Waals surface area contributed by atoms with E-state index >= 15 is 0 Å². The first-order valence-corrected chi connectivity index (χ1v) is 8.10. The predicted octanol–water partition coefficient (Wildman–Crippen LogP) is 0.647. The Morgan fingerprint density at radius 1 is 1.42 bits per heavy atom. The molecule has 7 heteroatoms. The molecule has 3 rings (SSSR count). The van der Waals surface area contributed by atoms with E-state index in [0.29, 0.717) is 13.1 Å². The summed E-state index contributed by atoms with van der Waals surface area (Å²) in [7, 11) is 1.76. The number of carboxylic acids is 1. The molecule has 2 aliphatic rings. The van der Waals surface area contributed by atoms with Gasteiger partial charge in [-0.3, -0.25) is 14.6 Å². The van der Waals surface area contributed by atoms with Crippen molar-refractivity contribution in [2.45, 2.75) is 25.0 Å². The summed E-state index contributed by atoms with van der Waals surface area (Å²) >= 11 is 0. The van der Waals surface area contributed by atoms with Crippen LogP contribution in [0.2, 0.25) is 0 Å². The Labute approximate surface area is 148 Å². The second kappa shape index (κ2) is 8.16. The van der Waals surface area contributed by atoms with Crippen molar-refractivity contribution in [1.82, 2.24) is 9.80 Å². The normalized spacial score (nSPS) is 23.0. The molecule has 1 unspecified atom stereocenters. The van der Waals surface area contributed by atoms with Crippen LogP contribution in [-0.4, -0.2) is 78.0 Å². The van der Waals surface area contributed by atoms with Crippen LogP contribution in [0, 0.1) is 0 Å². The fourth-order valence-corrected chi connectivity index (χ4v) is 3.48. The molecule has 1 fully saturated rings. The van der Waals surface area contributed by atoms with Crippen LogP contribution in [0.4, 0.5) is 0 Å². The van der Waals surface area contributed by atoms with Crippen LogP contribution < -0.4 is 4.74 Å². The maximum Gasteiger partial charge on any atom is 0.317 e. The van der Waals surface area contributed by atoms with Crippen molar-refractivity contribution in [1.29, 1.82) is 0 Å².